The molecule has 2 atom stereocenters. The molecule has 59 heavy (non-hydrogen) atoms. The van der Waals surface area contributed by atoms with E-state index in [-0.39, 0.29) is 50.4 Å². The predicted octanol–water partition coefficient (Wildman–Crippen LogP) is 7.15. The fourth-order valence-electron chi connectivity index (χ4n) is 4.67. The van der Waals surface area contributed by atoms with Crippen molar-refractivity contribution in [3.05, 3.63) is 100 Å². The summed E-state index contributed by atoms with van der Waals surface area (Å²) in [6.07, 6.45) is -2.71. The Balaban J connectivity index is 0.000000254. The van der Waals surface area contributed by atoms with Crippen LogP contribution in [0.5, 0.6) is 11.5 Å². The summed E-state index contributed by atoms with van der Waals surface area (Å²) >= 11 is 13.6. The van der Waals surface area contributed by atoms with Gasteiger partial charge in [0.2, 0.25) is 4.80 Å². The molecule has 6 N–H and O–H groups in total. The lowest BCUT2D eigenvalue weighted by molar-refractivity contribution is -0.385. The largest absolute Gasteiger partial charge is 0.481 e. The van der Waals surface area contributed by atoms with Crippen LogP contribution in [-0.2, 0) is 33.4 Å². The van der Waals surface area contributed by atoms with Crippen LogP contribution in [0.4, 0.5) is 28.9 Å². The Kier molecular flexibility index (Phi) is 17.3. The van der Waals surface area contributed by atoms with Gasteiger partial charge in [-0.25, -0.2) is 18.9 Å². The van der Waals surface area contributed by atoms with Gasteiger partial charge in [0.25, 0.3) is 5.69 Å². The summed E-state index contributed by atoms with van der Waals surface area (Å²) in [5, 5.41) is 36.6. The van der Waals surface area contributed by atoms with E-state index in [1.807, 2.05) is 0 Å². The molecule has 4 aromatic rings. The molecule has 0 fully saturated rings. The SMILES string of the molecule is CP(=O)(O)CCC(N)C(=O)O.O=C(O)CSc1cc(N=c2sc(=O)n3n2CCCC3)c(F)cc1Cl.O=C(O)c1cc(Oc2ccc(C(F)(F)F)cc2Cl)ccc1[N+](=O)[O-]. The summed E-state index contributed by atoms with van der Waals surface area (Å²) in [4.78, 5) is 67.5. The Morgan fingerprint density at radius 3 is 2.25 bits per heavy atom. The van der Waals surface area contributed by atoms with Crippen molar-refractivity contribution in [2.24, 2.45) is 10.7 Å². The van der Waals surface area contributed by atoms with Crippen molar-refractivity contribution in [1.29, 1.82) is 0 Å². The van der Waals surface area contributed by atoms with E-state index in [9.17, 15) is 51.4 Å². The van der Waals surface area contributed by atoms with E-state index in [0.29, 0.717) is 28.9 Å². The summed E-state index contributed by atoms with van der Waals surface area (Å²) in [5.41, 5.74) is 2.88. The van der Waals surface area contributed by atoms with Gasteiger partial charge in [-0.15, -0.1) is 11.8 Å². The lowest BCUT2D eigenvalue weighted by Gasteiger charge is -2.15. The smallest absolute Gasteiger partial charge is 0.416 e. The number of ether oxygens (including phenoxy) is 1. The zero-order valence-electron chi connectivity index (χ0n) is 30.1. The van der Waals surface area contributed by atoms with Crippen molar-refractivity contribution in [3.8, 4) is 11.5 Å². The van der Waals surface area contributed by atoms with E-state index in [1.54, 1.807) is 9.36 Å². The van der Waals surface area contributed by atoms with Crippen LogP contribution in [0.15, 0.2) is 63.2 Å². The Labute approximate surface area is 347 Å². The molecule has 5 rings (SSSR count). The van der Waals surface area contributed by atoms with Crippen LogP contribution in [-0.4, -0.2) is 77.0 Å². The topological polar surface area (TPSA) is 267 Å². The summed E-state index contributed by atoms with van der Waals surface area (Å²) in [6, 6.07) is 6.76. The van der Waals surface area contributed by atoms with Crippen molar-refractivity contribution in [2.75, 3.05) is 18.6 Å². The van der Waals surface area contributed by atoms with Crippen LogP contribution < -0.4 is 20.1 Å². The fraction of sp³-hybridized carbons (Fsp3) is 0.303. The van der Waals surface area contributed by atoms with E-state index in [1.165, 1.54) is 12.7 Å². The van der Waals surface area contributed by atoms with Gasteiger partial charge in [0, 0.05) is 42.9 Å². The maximum absolute atomic E-state index is 14.2. The first kappa shape index (κ1) is 48.6. The van der Waals surface area contributed by atoms with Gasteiger partial charge in [-0.05, 0) is 67.0 Å². The number of nitro groups is 1. The monoisotopic (exact) mass is 931 g/mol. The molecule has 0 saturated heterocycles. The Hall–Kier alpha value is -4.77. The van der Waals surface area contributed by atoms with Crippen LogP contribution in [0.2, 0.25) is 10.0 Å². The second-order valence-electron chi connectivity index (χ2n) is 12.1. The number of nitrogens with zero attached hydrogens (tertiary/aromatic N) is 4. The van der Waals surface area contributed by atoms with Gasteiger partial charge >= 0.3 is 29.0 Å². The highest BCUT2D eigenvalue weighted by molar-refractivity contribution is 8.00. The molecule has 0 spiro atoms. The highest BCUT2D eigenvalue weighted by atomic mass is 35.5. The number of rotatable bonds is 12. The van der Waals surface area contributed by atoms with Crippen molar-refractivity contribution in [1.82, 2.24) is 9.36 Å². The first-order valence-electron chi connectivity index (χ1n) is 16.4. The summed E-state index contributed by atoms with van der Waals surface area (Å²) in [7, 11) is -3.10. The lowest BCUT2D eigenvalue weighted by Crippen LogP contribution is -2.31. The Bertz CT molecular complexity index is 2410. The standard InChI is InChI=1S/C14H7ClF3NO5.C14H13ClFN3O3S2.C5H12NO4P/c15-10-5-7(14(16,17)18)1-4-12(10)24-8-2-3-11(19(22)23)9(6-8)13(20)21;15-8-5-9(16)10(6-11(8)23-7-12(20)21)17-13-18-3-1-2-4-19(18)14(22)24-13;1-11(9,10)3-2-4(6)5(7)8/h1-6H,(H,20,21);5-6H,1-4,7H2,(H,20,21);4H,2-3,6H2,1H3,(H,7,8)(H,9,10). The number of hydrogen-bond donors (Lipinski definition) is 5. The van der Waals surface area contributed by atoms with Crippen LogP contribution in [0.25, 0.3) is 0 Å². The summed E-state index contributed by atoms with van der Waals surface area (Å²) in [5.74, 6) is -4.77. The second kappa shape index (κ2) is 21.0. The number of thioether (sulfide) groups is 1. The first-order chi connectivity index (χ1) is 27.4. The number of hydrogen-bond acceptors (Lipinski definition) is 12. The minimum atomic E-state index is -4.58. The Morgan fingerprint density at radius 1 is 1.07 bits per heavy atom. The van der Waals surface area contributed by atoms with Crippen molar-refractivity contribution < 1.29 is 66.4 Å². The third-order valence-electron chi connectivity index (χ3n) is 7.51. The van der Waals surface area contributed by atoms with Crippen molar-refractivity contribution in [3.63, 3.8) is 0 Å². The van der Waals surface area contributed by atoms with E-state index in [0.717, 1.165) is 72.3 Å². The average Bonchev–Trinajstić information content (AvgIpc) is 3.46. The normalized spacial score (nSPS) is 14.0. The average molecular weight is 933 g/mol. The molecule has 1 aliphatic heterocycles. The molecule has 17 nitrogen and oxygen atoms in total. The molecule has 1 aliphatic rings. The van der Waals surface area contributed by atoms with Crippen LogP contribution >= 0.6 is 53.7 Å². The molecule has 0 radical (unpaired) electrons. The molecule has 3 aromatic carbocycles. The highest BCUT2D eigenvalue weighted by Gasteiger charge is 2.31. The van der Waals surface area contributed by atoms with E-state index >= 15 is 0 Å². The van der Waals surface area contributed by atoms with Crippen molar-refractivity contribution >= 4 is 83.0 Å². The Morgan fingerprint density at radius 2 is 1.71 bits per heavy atom. The molecule has 26 heteroatoms. The summed E-state index contributed by atoms with van der Waals surface area (Å²) < 4.78 is 71.1. The lowest BCUT2D eigenvalue weighted by atomic mass is 10.1. The number of fused-ring (bicyclic) bond motifs is 1. The van der Waals surface area contributed by atoms with Crippen LogP contribution in [0.3, 0.4) is 0 Å². The van der Waals surface area contributed by atoms with Gasteiger partial charge in [0.15, 0.2) is 7.37 Å². The van der Waals surface area contributed by atoms with Gasteiger partial charge in [0.1, 0.15) is 34.6 Å². The van der Waals surface area contributed by atoms with Gasteiger partial charge < -0.3 is 30.7 Å². The predicted molar refractivity (Wildman–Crippen MR) is 208 cm³/mol. The molecule has 0 saturated carbocycles. The number of carboxylic acid groups (broad SMARTS) is 3. The number of carbonyl (C=O) groups is 3. The maximum Gasteiger partial charge on any atom is 0.416 e. The van der Waals surface area contributed by atoms with Gasteiger partial charge in [0.05, 0.1) is 26.3 Å². The molecule has 1 aromatic heterocycles. The fourth-order valence-corrected chi connectivity index (χ4v) is 7.52. The molecule has 2 heterocycles. The minimum absolute atomic E-state index is 0.0370. The zero-order chi connectivity index (χ0) is 44.4. The van der Waals surface area contributed by atoms with Gasteiger partial charge in [-0.1, -0.05) is 23.2 Å². The summed E-state index contributed by atoms with van der Waals surface area (Å²) in [6.45, 7) is 2.47. The van der Waals surface area contributed by atoms with Crippen molar-refractivity contribution in [2.45, 2.75) is 49.5 Å². The zero-order valence-corrected chi connectivity index (χ0v) is 34.1. The second-order valence-corrected chi connectivity index (χ2v) is 17.4. The number of carboxylic acids is 3. The minimum Gasteiger partial charge on any atom is -0.481 e. The molecule has 0 aliphatic carbocycles. The van der Waals surface area contributed by atoms with Crippen LogP contribution in [0.1, 0.15) is 35.2 Å². The number of aliphatic carboxylic acids is 2. The van der Waals surface area contributed by atoms with Gasteiger partial charge in [-0.3, -0.25) is 33.7 Å². The molecule has 0 bridgehead atoms. The van der Waals surface area contributed by atoms with E-state index < -0.39 is 65.0 Å². The molecular formula is C33H32Cl2F4N5O12PS2. The molecule has 320 valence electrons. The third kappa shape index (κ3) is 14.8. The highest BCUT2D eigenvalue weighted by Crippen LogP contribution is 2.38. The number of aromatic nitrogens is 2. The number of halogens is 6. The number of benzene rings is 3. The van der Waals surface area contributed by atoms with Gasteiger partial charge in [-0.2, -0.15) is 13.2 Å². The third-order valence-corrected chi connectivity index (χ3v) is 11.2. The molecule has 0 amide bonds. The quantitative estimate of drug-likeness (QED) is 0.0311. The number of alkyl halides is 3. The number of nitro benzene ring substituents is 1. The molecule has 2 unspecified atom stereocenters. The van der Waals surface area contributed by atoms with E-state index in [2.05, 4.69) is 4.99 Å². The first-order valence-corrected chi connectivity index (χ1v) is 21.3. The number of nitrogens with two attached hydrogens (primary N) is 1. The molecular weight excluding hydrogens is 900 g/mol. The van der Waals surface area contributed by atoms with E-state index in [4.69, 9.17) is 53.9 Å². The number of aromatic carboxylic acids is 1. The van der Waals surface area contributed by atoms with Crippen LogP contribution in [0, 0.1) is 15.9 Å². The maximum atomic E-state index is 14.2.